The van der Waals surface area contributed by atoms with Crippen LogP contribution in [-0.2, 0) is 4.79 Å². The number of hydrogen-bond acceptors (Lipinski definition) is 3. The van der Waals surface area contributed by atoms with Gasteiger partial charge in [-0.25, -0.2) is 9.59 Å². The number of anilines is 2. The summed E-state index contributed by atoms with van der Waals surface area (Å²) in [5.41, 5.74) is 2.50. The second-order valence-corrected chi connectivity index (χ2v) is 10.4. The Hall–Kier alpha value is -4.13. The molecule has 1 unspecified atom stereocenters. The van der Waals surface area contributed by atoms with E-state index in [9.17, 15) is 19.5 Å². The molecule has 4 rings (SSSR count). The van der Waals surface area contributed by atoms with Crippen LogP contribution in [0.4, 0.5) is 16.2 Å². The van der Waals surface area contributed by atoms with Gasteiger partial charge in [-0.15, -0.1) is 0 Å². The van der Waals surface area contributed by atoms with Crippen LogP contribution in [0, 0.1) is 19.8 Å². The minimum atomic E-state index is -1.41. The van der Waals surface area contributed by atoms with E-state index in [1.54, 1.807) is 25.1 Å². The number of carbonyl (C=O) groups is 3. The van der Waals surface area contributed by atoms with Gasteiger partial charge in [0.25, 0.3) is 5.91 Å². The second kappa shape index (κ2) is 11.1. The van der Waals surface area contributed by atoms with E-state index in [1.165, 1.54) is 0 Å². The molecule has 0 saturated heterocycles. The summed E-state index contributed by atoms with van der Waals surface area (Å²) in [7, 11) is 0. The molecule has 7 nitrogen and oxygen atoms in total. The van der Waals surface area contributed by atoms with E-state index in [2.05, 4.69) is 22.5 Å². The maximum absolute atomic E-state index is 13.6. The number of fused-ring (bicyclic) bond motifs is 1. The number of benzene rings is 3. The van der Waals surface area contributed by atoms with Crippen LogP contribution in [0.25, 0.3) is 16.8 Å². The van der Waals surface area contributed by atoms with Crippen LogP contribution in [-0.4, -0.2) is 28.6 Å². The van der Waals surface area contributed by atoms with Crippen molar-refractivity contribution < 1.29 is 19.5 Å². The number of aliphatic carboxylic acids is 1. The monoisotopic (exact) mass is 513 g/mol. The van der Waals surface area contributed by atoms with Crippen LogP contribution >= 0.6 is 0 Å². The Balaban J connectivity index is 1.66. The molecule has 1 atom stereocenters. The minimum Gasteiger partial charge on any atom is -0.480 e. The summed E-state index contributed by atoms with van der Waals surface area (Å²) >= 11 is 0. The van der Waals surface area contributed by atoms with E-state index in [-0.39, 0.29) is 11.5 Å². The first kappa shape index (κ1) is 26.9. The van der Waals surface area contributed by atoms with E-state index >= 15 is 0 Å². The molecule has 3 aromatic carbocycles. The maximum atomic E-state index is 13.6. The Morgan fingerprint density at radius 3 is 2.13 bits per heavy atom. The van der Waals surface area contributed by atoms with Gasteiger partial charge < -0.3 is 21.1 Å². The van der Waals surface area contributed by atoms with Gasteiger partial charge in [0.05, 0.1) is 11.3 Å². The topological polar surface area (TPSA) is 108 Å². The lowest BCUT2D eigenvalue weighted by molar-refractivity contribution is -0.146. The molecule has 0 aliphatic heterocycles. The number of carboxylic acid groups (broad SMARTS) is 1. The summed E-state index contributed by atoms with van der Waals surface area (Å²) < 4.78 is 0. The van der Waals surface area contributed by atoms with Gasteiger partial charge in [-0.1, -0.05) is 56.2 Å². The molecule has 3 amide bonds. The first-order valence-electron chi connectivity index (χ1n) is 13.0. The largest absolute Gasteiger partial charge is 0.480 e. The molecule has 0 aromatic heterocycles. The molecule has 1 aliphatic rings. The number of amides is 3. The zero-order valence-corrected chi connectivity index (χ0v) is 22.2. The molecule has 0 spiro atoms. The molecule has 0 radical (unpaired) electrons. The molecule has 1 saturated carbocycles. The van der Waals surface area contributed by atoms with Crippen LogP contribution in [0.3, 0.4) is 0 Å². The van der Waals surface area contributed by atoms with E-state index < -0.39 is 23.4 Å². The van der Waals surface area contributed by atoms with Crippen LogP contribution in [0.2, 0.25) is 0 Å². The second-order valence-electron chi connectivity index (χ2n) is 10.4. The highest BCUT2D eigenvalue weighted by molar-refractivity contribution is 6.10. The zero-order valence-electron chi connectivity index (χ0n) is 22.2. The van der Waals surface area contributed by atoms with Gasteiger partial charge in [-0.05, 0) is 91.3 Å². The van der Waals surface area contributed by atoms with Crippen LogP contribution in [0.5, 0.6) is 0 Å². The van der Waals surface area contributed by atoms with E-state index in [1.807, 2.05) is 50.2 Å². The highest BCUT2D eigenvalue weighted by atomic mass is 16.4. The number of carboxylic acids is 1. The van der Waals surface area contributed by atoms with Crippen molar-refractivity contribution in [1.82, 2.24) is 5.32 Å². The van der Waals surface area contributed by atoms with Gasteiger partial charge in [0.2, 0.25) is 0 Å². The summed E-state index contributed by atoms with van der Waals surface area (Å²) in [5, 5.41) is 20.3. The van der Waals surface area contributed by atoms with Gasteiger partial charge in [-0.3, -0.25) is 4.79 Å². The third-order valence-electron chi connectivity index (χ3n) is 7.65. The van der Waals surface area contributed by atoms with Crippen molar-refractivity contribution in [2.24, 2.45) is 5.92 Å². The Morgan fingerprint density at radius 1 is 0.947 bits per heavy atom. The molecule has 4 N–H and O–H groups in total. The average molecular weight is 514 g/mol. The van der Waals surface area contributed by atoms with E-state index in [0.29, 0.717) is 11.4 Å². The van der Waals surface area contributed by atoms with Crippen molar-refractivity contribution in [2.45, 2.75) is 58.4 Å². The molecule has 0 bridgehead atoms. The van der Waals surface area contributed by atoms with Crippen LogP contribution in [0.1, 0.15) is 66.1 Å². The summed E-state index contributed by atoms with van der Waals surface area (Å²) in [6, 6.07) is 14.3. The normalized spacial score (nSPS) is 15.3. The van der Waals surface area contributed by atoms with Crippen molar-refractivity contribution in [3.8, 4) is 0 Å². The van der Waals surface area contributed by atoms with Crippen molar-refractivity contribution in [3.05, 3.63) is 77.4 Å². The van der Waals surface area contributed by atoms with Crippen molar-refractivity contribution in [2.75, 3.05) is 10.6 Å². The number of nitrogens with one attached hydrogen (secondary N) is 3. The number of urea groups is 1. The molecular formula is C31H35N3O4. The zero-order chi connectivity index (χ0) is 27.4. The SMILES string of the molecule is C=Cc1cc(C)c(NC(=O)Nc2cc3ccccc3cc2C(=O)NC(C)(C(=O)O)C2CCCCC2)c(C)c1. The lowest BCUT2D eigenvalue weighted by Gasteiger charge is -2.37. The summed E-state index contributed by atoms with van der Waals surface area (Å²) in [5.74, 6) is -1.76. The Labute approximate surface area is 223 Å². The lowest BCUT2D eigenvalue weighted by Crippen LogP contribution is -2.57. The van der Waals surface area contributed by atoms with E-state index in [4.69, 9.17) is 0 Å². The number of carbonyl (C=O) groups excluding carboxylic acids is 2. The fourth-order valence-corrected chi connectivity index (χ4v) is 5.42. The highest BCUT2D eigenvalue weighted by Crippen LogP contribution is 2.34. The van der Waals surface area contributed by atoms with Gasteiger partial charge in [0.1, 0.15) is 5.54 Å². The number of hydrogen-bond donors (Lipinski definition) is 4. The number of rotatable bonds is 7. The average Bonchev–Trinajstić information content (AvgIpc) is 2.90. The fourth-order valence-electron chi connectivity index (χ4n) is 5.42. The Kier molecular flexibility index (Phi) is 7.86. The van der Waals surface area contributed by atoms with E-state index in [0.717, 1.165) is 59.6 Å². The Morgan fingerprint density at radius 2 is 1.55 bits per heavy atom. The maximum Gasteiger partial charge on any atom is 0.329 e. The molecule has 1 aliphatic carbocycles. The highest BCUT2D eigenvalue weighted by Gasteiger charge is 2.43. The first-order valence-corrected chi connectivity index (χ1v) is 13.0. The van der Waals surface area contributed by atoms with Crippen molar-refractivity contribution >= 4 is 46.1 Å². The fraction of sp³-hybridized carbons (Fsp3) is 0.323. The molecular weight excluding hydrogens is 478 g/mol. The molecule has 3 aromatic rings. The molecule has 198 valence electrons. The summed E-state index contributed by atoms with van der Waals surface area (Å²) in [6.07, 6.45) is 6.21. The molecule has 7 heteroatoms. The molecule has 0 heterocycles. The standard InChI is InChI=1S/C31H35N3O4/c1-5-21-15-19(2)27(20(3)16-21)33-30(38)32-26-18-23-12-10-9-11-22(23)17-25(26)28(35)34-31(4,29(36)37)24-13-7-6-8-14-24/h5,9-12,15-18,24H,1,6-8,13-14H2,2-4H3,(H,34,35)(H,36,37)(H2,32,33,38). The summed E-state index contributed by atoms with van der Waals surface area (Å²) in [6.45, 7) is 9.20. The van der Waals surface area contributed by atoms with Crippen molar-refractivity contribution in [3.63, 3.8) is 0 Å². The smallest absolute Gasteiger partial charge is 0.329 e. The first-order chi connectivity index (χ1) is 18.1. The summed E-state index contributed by atoms with van der Waals surface area (Å²) in [4.78, 5) is 39.1. The minimum absolute atomic E-state index is 0.164. The van der Waals surface area contributed by atoms with Gasteiger partial charge >= 0.3 is 12.0 Å². The molecule has 38 heavy (non-hydrogen) atoms. The van der Waals surface area contributed by atoms with Gasteiger partial charge in [0, 0.05) is 5.69 Å². The molecule has 1 fully saturated rings. The predicted octanol–water partition coefficient (Wildman–Crippen LogP) is 6.90. The quantitative estimate of drug-likeness (QED) is 0.276. The third kappa shape index (κ3) is 5.57. The van der Waals surface area contributed by atoms with Crippen LogP contribution < -0.4 is 16.0 Å². The third-order valence-corrected chi connectivity index (χ3v) is 7.65. The lowest BCUT2D eigenvalue weighted by atomic mass is 9.75. The van der Waals surface area contributed by atoms with Crippen molar-refractivity contribution in [1.29, 1.82) is 0 Å². The Bertz CT molecular complexity index is 1380. The van der Waals surface area contributed by atoms with Gasteiger partial charge in [-0.2, -0.15) is 0 Å². The number of aryl methyl sites for hydroxylation is 2. The predicted molar refractivity (Wildman–Crippen MR) is 153 cm³/mol. The van der Waals surface area contributed by atoms with Crippen LogP contribution in [0.15, 0.2) is 55.1 Å². The van der Waals surface area contributed by atoms with Gasteiger partial charge in [0.15, 0.2) is 0 Å².